The number of amides is 1. The molecular weight excluding hydrogens is 343 g/mol. The first-order valence-corrected chi connectivity index (χ1v) is 7.57. The van der Waals surface area contributed by atoms with E-state index in [2.05, 4.69) is 10.5 Å². The minimum Gasteiger partial charge on any atom is -0.493 e. The van der Waals surface area contributed by atoms with Crippen molar-refractivity contribution in [2.75, 3.05) is 7.11 Å². The molecule has 8 heteroatoms. The van der Waals surface area contributed by atoms with Crippen molar-refractivity contribution >= 4 is 18.1 Å². The van der Waals surface area contributed by atoms with Crippen LogP contribution >= 0.6 is 0 Å². The summed E-state index contributed by atoms with van der Waals surface area (Å²) in [4.78, 5) is 23.0. The molecule has 0 unspecified atom stereocenters. The van der Waals surface area contributed by atoms with Crippen LogP contribution in [0, 0.1) is 5.82 Å². The molecule has 7 nitrogen and oxygen atoms in total. The van der Waals surface area contributed by atoms with E-state index in [4.69, 9.17) is 14.6 Å². The van der Waals surface area contributed by atoms with Gasteiger partial charge in [-0.1, -0.05) is 12.1 Å². The Morgan fingerprint density at radius 1 is 1.27 bits per heavy atom. The monoisotopic (exact) mass is 360 g/mol. The minimum atomic E-state index is -1.14. The Balaban J connectivity index is 2.18. The lowest BCUT2D eigenvalue weighted by molar-refractivity contribution is -0.144. The zero-order chi connectivity index (χ0) is 19.1. The highest BCUT2D eigenvalue weighted by molar-refractivity contribution is 5.95. The summed E-state index contributed by atoms with van der Waals surface area (Å²) in [6, 6.07) is 10.0. The number of nitrogens with zero attached hydrogens (tertiary/aromatic N) is 1. The van der Waals surface area contributed by atoms with Crippen LogP contribution in [-0.2, 0) is 4.79 Å². The van der Waals surface area contributed by atoms with Gasteiger partial charge in [0.1, 0.15) is 5.82 Å². The number of hydrazone groups is 1. The van der Waals surface area contributed by atoms with Gasteiger partial charge < -0.3 is 14.6 Å². The fourth-order valence-electron chi connectivity index (χ4n) is 2.00. The number of carboxylic acids is 1. The number of nitrogens with one attached hydrogen (secondary N) is 1. The number of halogens is 1. The van der Waals surface area contributed by atoms with E-state index >= 15 is 0 Å². The molecule has 0 saturated carbocycles. The third-order valence-corrected chi connectivity index (χ3v) is 3.33. The van der Waals surface area contributed by atoms with Crippen LogP contribution in [0.1, 0.15) is 22.8 Å². The number of hydrogen-bond donors (Lipinski definition) is 2. The Kier molecular flexibility index (Phi) is 6.26. The number of carbonyl (C=O) groups is 2. The van der Waals surface area contributed by atoms with Crippen molar-refractivity contribution in [3.8, 4) is 11.5 Å². The highest BCUT2D eigenvalue weighted by Crippen LogP contribution is 2.31. The van der Waals surface area contributed by atoms with Crippen molar-refractivity contribution in [1.82, 2.24) is 5.43 Å². The second-order valence-corrected chi connectivity index (χ2v) is 5.19. The lowest BCUT2D eigenvalue weighted by atomic mass is 10.2. The largest absolute Gasteiger partial charge is 0.493 e. The molecule has 2 aromatic carbocycles. The first kappa shape index (κ1) is 18.9. The molecule has 0 bridgehead atoms. The van der Waals surface area contributed by atoms with Crippen molar-refractivity contribution in [3.05, 3.63) is 59.4 Å². The van der Waals surface area contributed by atoms with Crippen LogP contribution in [0.25, 0.3) is 0 Å². The second kappa shape index (κ2) is 8.61. The molecule has 136 valence electrons. The maximum atomic E-state index is 13.1. The summed E-state index contributed by atoms with van der Waals surface area (Å²) in [6.45, 7) is 1.38. The minimum absolute atomic E-state index is 0.115. The van der Waals surface area contributed by atoms with Crippen LogP contribution in [0.5, 0.6) is 11.5 Å². The van der Waals surface area contributed by atoms with E-state index in [0.717, 1.165) is 6.07 Å². The smallest absolute Gasteiger partial charge is 0.344 e. The van der Waals surface area contributed by atoms with E-state index in [1.807, 2.05) is 0 Å². The number of carbonyl (C=O) groups excluding carboxylic acids is 1. The molecule has 0 aliphatic heterocycles. The topological polar surface area (TPSA) is 97.2 Å². The van der Waals surface area contributed by atoms with Gasteiger partial charge in [0, 0.05) is 11.1 Å². The molecule has 0 fully saturated rings. The molecule has 2 N–H and O–H groups in total. The van der Waals surface area contributed by atoms with E-state index in [0.29, 0.717) is 11.3 Å². The van der Waals surface area contributed by atoms with Gasteiger partial charge in [0.25, 0.3) is 5.91 Å². The highest BCUT2D eigenvalue weighted by Gasteiger charge is 2.18. The molecule has 0 aromatic heterocycles. The fourth-order valence-corrected chi connectivity index (χ4v) is 2.00. The Labute approximate surface area is 149 Å². The molecular formula is C18H17FN2O5. The summed E-state index contributed by atoms with van der Waals surface area (Å²) in [5.74, 6) is -1.77. The summed E-state index contributed by atoms with van der Waals surface area (Å²) in [5.41, 5.74) is 2.78. The third-order valence-electron chi connectivity index (χ3n) is 3.33. The molecule has 26 heavy (non-hydrogen) atoms. The van der Waals surface area contributed by atoms with Gasteiger partial charge in [-0.25, -0.2) is 14.6 Å². The molecule has 0 heterocycles. The van der Waals surface area contributed by atoms with Gasteiger partial charge in [-0.15, -0.1) is 0 Å². The number of benzene rings is 2. The lowest BCUT2D eigenvalue weighted by Crippen LogP contribution is -2.24. The molecule has 0 aliphatic carbocycles. The van der Waals surface area contributed by atoms with Crippen molar-refractivity contribution in [2.45, 2.75) is 13.0 Å². The molecule has 0 spiro atoms. The average Bonchev–Trinajstić information content (AvgIpc) is 2.62. The van der Waals surface area contributed by atoms with Gasteiger partial charge in [-0.05, 0) is 37.3 Å². The predicted octanol–water partition coefficient (Wildman–Crippen LogP) is 2.45. The zero-order valence-corrected chi connectivity index (χ0v) is 14.1. The van der Waals surface area contributed by atoms with Gasteiger partial charge in [0.15, 0.2) is 17.6 Å². The normalized spacial score (nSPS) is 11.8. The summed E-state index contributed by atoms with van der Waals surface area (Å²) in [6.07, 6.45) is 0.171. The van der Waals surface area contributed by atoms with Crippen molar-refractivity contribution in [3.63, 3.8) is 0 Å². The number of ether oxygens (including phenoxy) is 2. The summed E-state index contributed by atoms with van der Waals surface area (Å²) in [5, 5.41) is 12.8. The van der Waals surface area contributed by atoms with Gasteiger partial charge in [0.05, 0.1) is 13.3 Å². The maximum absolute atomic E-state index is 13.1. The van der Waals surface area contributed by atoms with Crippen molar-refractivity contribution in [1.29, 1.82) is 0 Å². The molecule has 0 radical (unpaired) electrons. The number of para-hydroxylation sites is 1. The quantitative estimate of drug-likeness (QED) is 0.584. The predicted molar refractivity (Wildman–Crippen MR) is 92.2 cm³/mol. The van der Waals surface area contributed by atoms with Crippen LogP contribution in [0.4, 0.5) is 4.39 Å². The van der Waals surface area contributed by atoms with Gasteiger partial charge in [0.2, 0.25) is 0 Å². The van der Waals surface area contributed by atoms with E-state index in [-0.39, 0.29) is 11.3 Å². The number of methoxy groups -OCH3 is 1. The number of aliphatic carboxylic acids is 1. The van der Waals surface area contributed by atoms with Crippen LogP contribution < -0.4 is 14.9 Å². The second-order valence-electron chi connectivity index (χ2n) is 5.19. The van der Waals surface area contributed by atoms with Gasteiger partial charge in [-0.2, -0.15) is 5.10 Å². The maximum Gasteiger partial charge on any atom is 0.344 e. The van der Waals surface area contributed by atoms with Crippen LogP contribution in [0.3, 0.4) is 0 Å². The average molecular weight is 360 g/mol. The third kappa shape index (κ3) is 4.79. The molecule has 2 aromatic rings. The Hall–Kier alpha value is -3.42. The Morgan fingerprint density at radius 2 is 2.00 bits per heavy atom. The molecule has 1 amide bonds. The Morgan fingerprint density at radius 3 is 2.65 bits per heavy atom. The van der Waals surface area contributed by atoms with E-state index in [1.54, 1.807) is 18.2 Å². The van der Waals surface area contributed by atoms with Gasteiger partial charge in [-0.3, -0.25) is 4.79 Å². The molecule has 1 atom stereocenters. The number of rotatable bonds is 7. The highest BCUT2D eigenvalue weighted by atomic mass is 19.1. The van der Waals surface area contributed by atoms with Crippen molar-refractivity contribution < 1.29 is 28.6 Å². The van der Waals surface area contributed by atoms with E-state index in [1.165, 1.54) is 38.4 Å². The van der Waals surface area contributed by atoms with Gasteiger partial charge >= 0.3 is 5.97 Å². The summed E-state index contributed by atoms with van der Waals surface area (Å²) >= 11 is 0. The summed E-state index contributed by atoms with van der Waals surface area (Å²) in [7, 11) is 1.42. The van der Waals surface area contributed by atoms with Crippen LogP contribution in [0.2, 0.25) is 0 Å². The molecule has 2 rings (SSSR count). The number of carboxylic acid groups (broad SMARTS) is 1. The first-order valence-electron chi connectivity index (χ1n) is 7.57. The summed E-state index contributed by atoms with van der Waals surface area (Å²) < 4.78 is 23.7. The van der Waals surface area contributed by atoms with Crippen LogP contribution in [0.15, 0.2) is 47.6 Å². The number of hydrogen-bond acceptors (Lipinski definition) is 5. The Bertz CT molecular complexity index is 838. The lowest BCUT2D eigenvalue weighted by Gasteiger charge is -2.15. The molecule has 0 aliphatic rings. The SMILES string of the molecule is COc1cccc(/C=N\NC(=O)c2cccc(F)c2)c1O[C@@H](C)C(=O)O. The van der Waals surface area contributed by atoms with E-state index < -0.39 is 23.8 Å². The van der Waals surface area contributed by atoms with Crippen molar-refractivity contribution in [2.24, 2.45) is 5.10 Å². The molecule has 0 saturated heterocycles. The fraction of sp³-hybridized carbons (Fsp3) is 0.167. The zero-order valence-electron chi connectivity index (χ0n) is 14.1. The first-order chi connectivity index (χ1) is 12.4. The van der Waals surface area contributed by atoms with Crippen LogP contribution in [-0.4, -0.2) is 36.4 Å². The van der Waals surface area contributed by atoms with E-state index in [9.17, 15) is 14.0 Å². The standard InChI is InChI=1S/C18H17FN2O5/c1-11(18(23)24)26-16-13(6-4-8-15(16)25-2)10-20-21-17(22)12-5-3-7-14(19)9-12/h3-11H,1-2H3,(H,21,22)(H,23,24)/b20-10-/t11-/m0/s1.